The Morgan fingerprint density at radius 2 is 0.380 bits per heavy atom. The Morgan fingerprint density at radius 3 is 0.535 bits per heavy atom. The van der Waals surface area contributed by atoms with E-state index in [1.165, 1.54) is 163 Å². The van der Waals surface area contributed by atoms with Crippen molar-refractivity contribution in [2.24, 2.45) is 0 Å². The highest BCUT2D eigenvalue weighted by atomic mass is 15.3. The molecule has 71 heavy (non-hydrogen) atoms. The molecule has 0 fully saturated rings. The molecule has 0 aliphatic carbocycles. The second-order valence-electron chi connectivity index (χ2n) is 19.6. The van der Waals surface area contributed by atoms with Crippen LogP contribution in [-0.2, 0) is 0 Å². The normalized spacial score (nSPS) is 11.2. The first-order valence-electron chi connectivity index (χ1n) is 30.2. The van der Waals surface area contributed by atoms with E-state index in [1.54, 1.807) is 0 Å². The fraction of sp³-hybridized carbons (Fsp3) is 1.00. The molecule has 0 aromatic carbocycles. The van der Waals surface area contributed by atoms with E-state index in [1.807, 2.05) is 0 Å². The number of nitrogens with zero attached hydrogens (tertiary/aromatic N) is 12. The van der Waals surface area contributed by atoms with Gasteiger partial charge in [-0.1, -0.05) is 144 Å². The van der Waals surface area contributed by atoms with Crippen molar-refractivity contribution >= 4 is 0 Å². The van der Waals surface area contributed by atoms with Crippen LogP contribution in [0.15, 0.2) is 0 Å². The molecule has 0 saturated carbocycles. The first kappa shape index (κ1) is 84.5. The Bertz CT molecular complexity index is 781. The van der Waals surface area contributed by atoms with Crippen LogP contribution in [0.5, 0.6) is 0 Å². The molecule has 0 amide bonds. The first-order chi connectivity index (χ1) is 33.8. The quantitative estimate of drug-likeness (QED) is 0.0553. The predicted molar refractivity (Wildman–Crippen MR) is 330 cm³/mol. The summed E-state index contributed by atoms with van der Waals surface area (Å²) in [7, 11) is 16.6. The molecule has 0 aromatic rings. The Labute approximate surface area is 453 Å². The summed E-state index contributed by atoms with van der Waals surface area (Å²) in [6.07, 6.45) is 9.40. The minimum atomic E-state index is 1.03. The van der Waals surface area contributed by atoms with Crippen LogP contribution in [0.1, 0.15) is 170 Å². The highest BCUT2D eigenvalue weighted by molar-refractivity contribution is 4.60. The van der Waals surface area contributed by atoms with E-state index in [9.17, 15) is 0 Å². The lowest BCUT2D eigenvalue weighted by molar-refractivity contribution is 0.152. The summed E-state index contributed by atoms with van der Waals surface area (Å²) in [5.74, 6) is 0. The number of unbranched alkanes of at least 4 members (excludes halogenated alkanes) is 3. The fourth-order valence-corrected chi connectivity index (χ4v) is 7.21. The second-order valence-corrected chi connectivity index (χ2v) is 19.6. The maximum atomic E-state index is 2.64. The van der Waals surface area contributed by atoms with E-state index in [4.69, 9.17) is 0 Å². The third kappa shape index (κ3) is 73.8. The van der Waals surface area contributed by atoms with Gasteiger partial charge in [0.1, 0.15) is 0 Å². The minimum absolute atomic E-state index is 1.03. The number of rotatable bonds is 38. The van der Waals surface area contributed by atoms with Crippen LogP contribution in [0.3, 0.4) is 0 Å². The molecular formula is C59H144N12. The summed E-state index contributed by atoms with van der Waals surface area (Å²) in [6.45, 7) is 71.1. The molecule has 0 atom stereocenters. The molecule has 0 spiro atoms. The van der Waals surface area contributed by atoms with Gasteiger partial charge in [0.2, 0.25) is 0 Å². The van der Waals surface area contributed by atoms with Crippen molar-refractivity contribution in [3.8, 4) is 0 Å². The number of hydrogen-bond acceptors (Lipinski definition) is 12. The smallest absolute Gasteiger partial charge is 0.0505 e. The van der Waals surface area contributed by atoms with Gasteiger partial charge in [-0.2, -0.15) is 0 Å². The van der Waals surface area contributed by atoms with Crippen molar-refractivity contribution in [1.82, 2.24) is 58.8 Å². The van der Waals surface area contributed by atoms with Crippen LogP contribution in [-0.4, -0.2) is 286 Å². The van der Waals surface area contributed by atoms with E-state index in [-0.39, 0.29) is 0 Å². The van der Waals surface area contributed by atoms with E-state index >= 15 is 0 Å². The van der Waals surface area contributed by atoms with E-state index in [2.05, 4.69) is 240 Å². The van der Waals surface area contributed by atoms with Crippen LogP contribution in [0.4, 0.5) is 0 Å². The lowest BCUT2D eigenvalue weighted by atomic mass is 10.2. The van der Waals surface area contributed by atoms with Crippen molar-refractivity contribution in [2.45, 2.75) is 170 Å². The lowest BCUT2D eigenvalue weighted by Crippen LogP contribution is -2.37. The third-order valence-electron chi connectivity index (χ3n) is 12.8. The third-order valence-corrected chi connectivity index (χ3v) is 12.8. The standard InChI is InChI=1S/C12H27N.C11H26N2.C10H24N2.C9H22N2.C6H16N2.C6H15N.C5H14N2/c1-4-7-10-13(11-8-5-2)12-9-6-3;1-5-12(6-2)10-9-11-13(7-3)8-4;1-5-11(6-2)9-10-12(7-3)8-4;1-5-10(6-2)9-11(7-3)8-4;1-7(2)5-6-8(3)4;1-4-7(5-2)6-3;1-6(2)5-7(3)4/h4-12H2,1-3H3;5-11H2,1-4H3;5-10H2,1-4H3;5-9H2,1-4H3;5-6H2,1-4H3;4-6H2,1-3H3;5H2,1-4H3. The van der Waals surface area contributed by atoms with Gasteiger partial charge in [-0.15, -0.1) is 0 Å². The Balaban J connectivity index is -0.000000136. The van der Waals surface area contributed by atoms with Gasteiger partial charge < -0.3 is 39.2 Å². The molecule has 12 nitrogen and oxygen atoms in total. The van der Waals surface area contributed by atoms with Crippen molar-refractivity contribution in [1.29, 1.82) is 0 Å². The van der Waals surface area contributed by atoms with Gasteiger partial charge in [0.15, 0.2) is 0 Å². The molecule has 0 aromatic heterocycles. The average Bonchev–Trinajstić information content (AvgIpc) is 3.36. The van der Waals surface area contributed by atoms with Crippen LogP contribution in [0.25, 0.3) is 0 Å². The fourth-order valence-electron chi connectivity index (χ4n) is 7.21. The van der Waals surface area contributed by atoms with Gasteiger partial charge in [0, 0.05) is 32.8 Å². The Morgan fingerprint density at radius 1 is 0.169 bits per heavy atom. The van der Waals surface area contributed by atoms with Gasteiger partial charge in [0.05, 0.1) is 6.67 Å². The lowest BCUT2D eigenvalue weighted by Gasteiger charge is -2.26. The number of likely N-dealkylation sites (N-methyl/N-ethyl adjacent to an activating group) is 4. The maximum Gasteiger partial charge on any atom is 0.0505 e. The molecule has 0 radical (unpaired) electrons. The van der Waals surface area contributed by atoms with Gasteiger partial charge in [-0.3, -0.25) is 19.6 Å². The van der Waals surface area contributed by atoms with Gasteiger partial charge in [-0.25, -0.2) is 0 Å². The van der Waals surface area contributed by atoms with Gasteiger partial charge in [-0.05, 0) is 213 Å². The molecule has 440 valence electrons. The molecule has 0 unspecified atom stereocenters. The Kier molecular flexibility index (Phi) is 82.7. The van der Waals surface area contributed by atoms with Gasteiger partial charge >= 0.3 is 0 Å². The molecule has 0 aliphatic heterocycles. The second kappa shape index (κ2) is 69.5. The Hall–Kier alpha value is -0.480. The summed E-state index contributed by atoms with van der Waals surface area (Å²) >= 11 is 0. The molecule has 0 heterocycles. The maximum absolute atomic E-state index is 2.64. The highest BCUT2D eigenvalue weighted by Crippen LogP contribution is 2.02. The van der Waals surface area contributed by atoms with E-state index in [0.717, 1.165) is 52.6 Å². The zero-order chi connectivity index (χ0) is 56.3. The zero-order valence-electron chi connectivity index (χ0n) is 54.7. The van der Waals surface area contributed by atoms with Crippen LogP contribution < -0.4 is 0 Å². The molecule has 0 N–H and O–H groups in total. The molecule has 0 bridgehead atoms. The van der Waals surface area contributed by atoms with E-state index in [0.29, 0.717) is 0 Å². The molecule has 0 rings (SSSR count). The van der Waals surface area contributed by atoms with Crippen LogP contribution in [0, 0.1) is 0 Å². The monoisotopic (exact) mass is 1020 g/mol. The highest BCUT2D eigenvalue weighted by Gasteiger charge is 2.05. The van der Waals surface area contributed by atoms with Crippen molar-refractivity contribution in [2.75, 3.05) is 227 Å². The van der Waals surface area contributed by atoms with Crippen LogP contribution in [0.2, 0.25) is 0 Å². The predicted octanol–water partition coefficient (Wildman–Crippen LogP) is 10.6. The van der Waals surface area contributed by atoms with Gasteiger partial charge in [0.25, 0.3) is 0 Å². The first-order valence-corrected chi connectivity index (χ1v) is 30.2. The largest absolute Gasteiger partial charge is 0.308 e. The number of hydrogen-bond donors (Lipinski definition) is 0. The van der Waals surface area contributed by atoms with E-state index < -0.39 is 0 Å². The molecule has 0 saturated heterocycles. The summed E-state index contributed by atoms with van der Waals surface area (Å²) < 4.78 is 0. The molecular weight excluding hydrogens is 877 g/mol. The SMILES string of the molecule is CCCCN(CCCC)CCCC.CCN(CC)CC.CCN(CC)CCCN(CC)CC.CCN(CC)CCN(CC)CC.CCN(CC)CN(CC)CC.CN(C)CCN(C)C.CN(C)CN(C)C. The van der Waals surface area contributed by atoms with Crippen molar-refractivity contribution < 1.29 is 0 Å². The summed E-state index contributed by atoms with van der Waals surface area (Å²) in [6, 6.07) is 0. The minimum Gasteiger partial charge on any atom is -0.308 e. The zero-order valence-corrected chi connectivity index (χ0v) is 54.7. The summed E-state index contributed by atoms with van der Waals surface area (Å²) in [5.41, 5.74) is 0. The topological polar surface area (TPSA) is 38.9 Å². The van der Waals surface area contributed by atoms with Crippen molar-refractivity contribution in [3.63, 3.8) is 0 Å². The average molecular weight is 1020 g/mol. The molecule has 12 heteroatoms. The summed E-state index contributed by atoms with van der Waals surface area (Å²) in [4.78, 5) is 28.4. The summed E-state index contributed by atoms with van der Waals surface area (Å²) in [5, 5.41) is 0. The van der Waals surface area contributed by atoms with Crippen LogP contribution >= 0.6 is 0 Å². The van der Waals surface area contributed by atoms with Crippen molar-refractivity contribution in [3.05, 3.63) is 0 Å². The molecule has 0 aliphatic rings.